The SMILES string of the molecule is C[C@H]1CCN(CC2CC2)[C@@H]2Cn3cc(C(=O)NCc4ccc(F)cc4F)c(=O)c(OCc4ccccc4)c3C(=O)N12. The number of carbonyl (C=O) groups is 2. The summed E-state index contributed by atoms with van der Waals surface area (Å²) < 4.78 is 35.2. The summed E-state index contributed by atoms with van der Waals surface area (Å²) in [5.41, 5.74) is 0.0867. The summed E-state index contributed by atoms with van der Waals surface area (Å²) >= 11 is 0. The zero-order valence-corrected chi connectivity index (χ0v) is 22.8. The summed E-state index contributed by atoms with van der Waals surface area (Å²) in [5, 5.41) is 2.57. The molecule has 6 rings (SSSR count). The van der Waals surface area contributed by atoms with Crippen LogP contribution in [-0.4, -0.2) is 51.5 Å². The number of amides is 2. The summed E-state index contributed by atoms with van der Waals surface area (Å²) in [4.78, 5) is 45.2. The van der Waals surface area contributed by atoms with Crippen molar-refractivity contribution >= 4 is 11.8 Å². The molecule has 1 N–H and O–H groups in total. The maximum Gasteiger partial charge on any atom is 0.276 e. The Balaban J connectivity index is 1.36. The quantitative estimate of drug-likeness (QED) is 0.450. The fourth-order valence-corrected chi connectivity index (χ4v) is 5.76. The Morgan fingerprint density at radius 3 is 2.59 bits per heavy atom. The van der Waals surface area contributed by atoms with Gasteiger partial charge in [0.15, 0.2) is 11.4 Å². The van der Waals surface area contributed by atoms with E-state index in [-0.39, 0.29) is 53.8 Å². The van der Waals surface area contributed by atoms with Crippen LogP contribution in [0.15, 0.2) is 59.5 Å². The molecule has 2 amide bonds. The summed E-state index contributed by atoms with van der Waals surface area (Å²) in [5.74, 6) is -2.10. The second kappa shape index (κ2) is 11.1. The molecular formula is C31H32F2N4O4. The van der Waals surface area contributed by atoms with Gasteiger partial charge in [0.1, 0.15) is 30.0 Å². The second-order valence-corrected chi connectivity index (χ2v) is 11.2. The molecule has 3 aliphatic rings. The summed E-state index contributed by atoms with van der Waals surface area (Å²) in [6, 6.07) is 12.3. The Labute approximate surface area is 236 Å². The van der Waals surface area contributed by atoms with Gasteiger partial charge in [-0.3, -0.25) is 19.3 Å². The lowest BCUT2D eigenvalue weighted by Gasteiger charge is -2.50. The average molecular weight is 563 g/mol. The molecule has 10 heteroatoms. The van der Waals surface area contributed by atoms with Crippen LogP contribution in [0.2, 0.25) is 0 Å². The van der Waals surface area contributed by atoms with E-state index < -0.39 is 23.0 Å². The zero-order valence-electron chi connectivity index (χ0n) is 22.8. The number of pyridine rings is 1. The molecule has 0 unspecified atom stereocenters. The average Bonchev–Trinajstić information content (AvgIpc) is 3.78. The molecule has 41 heavy (non-hydrogen) atoms. The number of hydrogen-bond acceptors (Lipinski definition) is 5. The monoisotopic (exact) mass is 562 g/mol. The topological polar surface area (TPSA) is 83.9 Å². The Morgan fingerprint density at radius 2 is 1.85 bits per heavy atom. The first-order chi connectivity index (χ1) is 19.8. The van der Waals surface area contributed by atoms with Crippen LogP contribution in [0.3, 0.4) is 0 Å². The first kappa shape index (κ1) is 27.1. The number of benzene rings is 2. The van der Waals surface area contributed by atoms with Crippen LogP contribution < -0.4 is 15.5 Å². The lowest BCUT2D eigenvalue weighted by atomic mass is 10.0. The number of aromatic nitrogens is 1. The smallest absolute Gasteiger partial charge is 0.276 e. The molecule has 0 radical (unpaired) electrons. The van der Waals surface area contributed by atoms with E-state index >= 15 is 0 Å². The third-order valence-electron chi connectivity index (χ3n) is 8.20. The largest absolute Gasteiger partial charge is 0.483 e. The van der Waals surface area contributed by atoms with E-state index in [1.54, 1.807) is 4.57 Å². The number of halogens is 2. The van der Waals surface area contributed by atoms with E-state index in [0.29, 0.717) is 12.5 Å². The molecule has 1 aliphatic carbocycles. The molecule has 3 aromatic rings. The van der Waals surface area contributed by atoms with E-state index in [0.717, 1.165) is 37.2 Å². The third-order valence-corrected chi connectivity index (χ3v) is 8.20. The number of ether oxygens (including phenoxy) is 1. The van der Waals surface area contributed by atoms with Crippen LogP contribution in [0.4, 0.5) is 8.78 Å². The number of nitrogens with zero attached hydrogens (tertiary/aromatic N) is 3. The van der Waals surface area contributed by atoms with Crippen molar-refractivity contribution in [1.82, 2.24) is 19.7 Å². The van der Waals surface area contributed by atoms with Crippen molar-refractivity contribution in [2.75, 3.05) is 13.1 Å². The van der Waals surface area contributed by atoms with Gasteiger partial charge in [-0.1, -0.05) is 36.4 Å². The maximum atomic E-state index is 14.2. The van der Waals surface area contributed by atoms with Gasteiger partial charge in [0.2, 0.25) is 5.43 Å². The van der Waals surface area contributed by atoms with Gasteiger partial charge in [0.25, 0.3) is 11.8 Å². The standard InChI is InChI=1S/C31H32F2N4O4/c1-19-11-12-35(15-20-7-8-20)26-17-36-16-24(30(39)34-14-22-9-10-23(32)13-25(22)33)28(38)29(27(36)31(40)37(19)26)41-18-21-5-3-2-4-6-21/h2-6,9-10,13,16,19-20,26H,7-8,11-12,14-15,17-18H2,1H3,(H,34,39)/t19-,26-/m0/s1. The number of carbonyl (C=O) groups excluding carboxylic acids is 2. The van der Waals surface area contributed by atoms with Crippen molar-refractivity contribution in [3.05, 3.63) is 99.0 Å². The van der Waals surface area contributed by atoms with Crippen molar-refractivity contribution in [3.8, 4) is 5.75 Å². The van der Waals surface area contributed by atoms with E-state index in [9.17, 15) is 23.2 Å². The molecular weight excluding hydrogens is 530 g/mol. The van der Waals surface area contributed by atoms with Gasteiger partial charge >= 0.3 is 0 Å². The van der Waals surface area contributed by atoms with E-state index in [4.69, 9.17) is 4.74 Å². The molecule has 1 saturated carbocycles. The number of fused-ring (bicyclic) bond motifs is 2. The van der Waals surface area contributed by atoms with E-state index in [1.807, 2.05) is 42.2 Å². The zero-order chi connectivity index (χ0) is 28.7. The van der Waals surface area contributed by atoms with Crippen molar-refractivity contribution < 1.29 is 23.1 Å². The highest BCUT2D eigenvalue weighted by Crippen LogP contribution is 2.36. The fraction of sp³-hybridized carbons (Fsp3) is 0.387. The first-order valence-corrected chi connectivity index (χ1v) is 14.0. The highest BCUT2D eigenvalue weighted by molar-refractivity contribution is 5.99. The second-order valence-electron chi connectivity index (χ2n) is 11.2. The molecule has 1 saturated heterocycles. The predicted octanol–water partition coefficient (Wildman–Crippen LogP) is 3.92. The van der Waals surface area contributed by atoms with Crippen molar-refractivity contribution in [1.29, 1.82) is 0 Å². The minimum absolute atomic E-state index is 0.0117. The maximum absolute atomic E-state index is 14.2. The molecule has 2 fully saturated rings. The lowest BCUT2D eigenvalue weighted by molar-refractivity contribution is -0.0343. The molecule has 2 atom stereocenters. The highest BCUT2D eigenvalue weighted by atomic mass is 19.1. The molecule has 3 heterocycles. The van der Waals surface area contributed by atoms with Gasteiger partial charge in [0, 0.05) is 43.5 Å². The fourth-order valence-electron chi connectivity index (χ4n) is 5.76. The Kier molecular flexibility index (Phi) is 7.33. The molecule has 2 aliphatic heterocycles. The summed E-state index contributed by atoms with van der Waals surface area (Å²) in [7, 11) is 0. The number of hydrogen-bond donors (Lipinski definition) is 1. The molecule has 0 spiro atoms. The van der Waals surface area contributed by atoms with Crippen molar-refractivity contribution in [3.63, 3.8) is 0 Å². The highest BCUT2D eigenvalue weighted by Gasteiger charge is 2.44. The van der Waals surface area contributed by atoms with Gasteiger partial charge < -0.3 is 19.5 Å². The normalized spacial score (nSPS) is 20.4. The first-order valence-electron chi connectivity index (χ1n) is 14.0. The lowest BCUT2D eigenvalue weighted by Crippen LogP contribution is -2.64. The molecule has 1 aromatic heterocycles. The van der Waals surface area contributed by atoms with Crippen LogP contribution in [-0.2, 0) is 19.7 Å². The van der Waals surface area contributed by atoms with Crippen LogP contribution in [0, 0.1) is 17.6 Å². The van der Waals surface area contributed by atoms with Crippen LogP contribution >= 0.6 is 0 Å². The van der Waals surface area contributed by atoms with Crippen LogP contribution in [0.1, 0.15) is 58.2 Å². The Morgan fingerprint density at radius 1 is 1.07 bits per heavy atom. The van der Waals surface area contributed by atoms with Gasteiger partial charge in [-0.2, -0.15) is 0 Å². The third kappa shape index (κ3) is 5.48. The Hall–Kier alpha value is -4.05. The predicted molar refractivity (Wildman–Crippen MR) is 147 cm³/mol. The van der Waals surface area contributed by atoms with E-state index in [2.05, 4.69) is 10.2 Å². The minimum atomic E-state index is -0.799. The molecule has 8 nitrogen and oxygen atoms in total. The molecule has 214 valence electrons. The van der Waals surface area contributed by atoms with Crippen molar-refractivity contribution in [2.45, 2.75) is 58.1 Å². The van der Waals surface area contributed by atoms with Crippen molar-refractivity contribution in [2.24, 2.45) is 5.92 Å². The van der Waals surface area contributed by atoms with Gasteiger partial charge in [-0.25, -0.2) is 8.78 Å². The number of nitrogens with one attached hydrogen (secondary N) is 1. The summed E-state index contributed by atoms with van der Waals surface area (Å²) in [6.07, 6.45) is 4.42. The van der Waals surface area contributed by atoms with Crippen LogP contribution in [0.5, 0.6) is 5.75 Å². The Bertz CT molecular complexity index is 1540. The minimum Gasteiger partial charge on any atom is -0.483 e. The summed E-state index contributed by atoms with van der Waals surface area (Å²) in [6.45, 7) is 3.98. The molecule has 2 aromatic carbocycles. The molecule has 0 bridgehead atoms. The van der Waals surface area contributed by atoms with Gasteiger partial charge in [-0.05, 0) is 43.7 Å². The van der Waals surface area contributed by atoms with E-state index in [1.165, 1.54) is 25.1 Å². The van der Waals surface area contributed by atoms with Gasteiger partial charge in [-0.15, -0.1) is 0 Å². The van der Waals surface area contributed by atoms with Crippen LogP contribution in [0.25, 0.3) is 0 Å². The van der Waals surface area contributed by atoms with Gasteiger partial charge in [0.05, 0.1) is 6.54 Å². The number of rotatable bonds is 8.